The average Bonchev–Trinajstić information content (AvgIpc) is 2.31. The second kappa shape index (κ2) is 7.29. The standard InChI is InChI=1S/C14H22O2/c1-3-10-16-11-9-12(4-2)13-7-5-6-8-14(13)15/h5-8,12,15H,3-4,9-11H2,1-2H3. The van der Waals surface area contributed by atoms with E-state index in [9.17, 15) is 5.11 Å². The smallest absolute Gasteiger partial charge is 0.119 e. The molecule has 90 valence electrons. The molecule has 0 amide bonds. The molecular weight excluding hydrogens is 200 g/mol. The normalized spacial score (nSPS) is 12.6. The molecule has 1 N–H and O–H groups in total. The Hall–Kier alpha value is -1.02. The van der Waals surface area contributed by atoms with Crippen LogP contribution in [0.3, 0.4) is 0 Å². The van der Waals surface area contributed by atoms with Crippen molar-refractivity contribution >= 4 is 0 Å². The maximum absolute atomic E-state index is 9.77. The molecule has 0 saturated heterocycles. The minimum Gasteiger partial charge on any atom is -0.508 e. The summed E-state index contributed by atoms with van der Waals surface area (Å²) >= 11 is 0. The lowest BCUT2D eigenvalue weighted by atomic mass is 9.93. The van der Waals surface area contributed by atoms with Crippen molar-refractivity contribution in [3.8, 4) is 5.75 Å². The molecule has 1 unspecified atom stereocenters. The van der Waals surface area contributed by atoms with Crippen molar-refractivity contribution in [2.45, 2.75) is 39.0 Å². The van der Waals surface area contributed by atoms with Crippen LogP contribution in [0.2, 0.25) is 0 Å². The van der Waals surface area contributed by atoms with E-state index in [-0.39, 0.29) is 0 Å². The van der Waals surface area contributed by atoms with Crippen molar-refractivity contribution in [3.05, 3.63) is 29.8 Å². The molecule has 16 heavy (non-hydrogen) atoms. The van der Waals surface area contributed by atoms with Crippen LogP contribution in [0.15, 0.2) is 24.3 Å². The Balaban J connectivity index is 2.51. The number of hydrogen-bond acceptors (Lipinski definition) is 2. The zero-order valence-corrected chi connectivity index (χ0v) is 10.3. The minimum atomic E-state index is 0.401. The number of benzene rings is 1. The molecule has 0 aromatic heterocycles. The van der Waals surface area contributed by atoms with Gasteiger partial charge in [-0.15, -0.1) is 0 Å². The Morgan fingerprint density at radius 3 is 2.56 bits per heavy atom. The fraction of sp³-hybridized carbons (Fsp3) is 0.571. The summed E-state index contributed by atoms with van der Waals surface area (Å²) in [6.45, 7) is 5.87. The fourth-order valence-electron chi connectivity index (χ4n) is 1.88. The lowest BCUT2D eigenvalue weighted by Gasteiger charge is -2.16. The molecule has 0 heterocycles. The molecule has 0 fully saturated rings. The molecule has 0 aliphatic heterocycles. The van der Waals surface area contributed by atoms with Gasteiger partial charge in [-0.1, -0.05) is 32.0 Å². The van der Waals surface area contributed by atoms with Crippen LogP contribution in [0, 0.1) is 0 Å². The highest BCUT2D eigenvalue weighted by Crippen LogP contribution is 2.30. The number of rotatable bonds is 7. The Kier molecular flexibility index (Phi) is 5.94. The molecule has 2 nitrogen and oxygen atoms in total. The summed E-state index contributed by atoms with van der Waals surface area (Å²) in [4.78, 5) is 0. The van der Waals surface area contributed by atoms with Gasteiger partial charge in [0.25, 0.3) is 0 Å². The number of ether oxygens (including phenoxy) is 1. The summed E-state index contributed by atoms with van der Waals surface area (Å²) < 4.78 is 5.49. The van der Waals surface area contributed by atoms with E-state index in [2.05, 4.69) is 13.8 Å². The largest absolute Gasteiger partial charge is 0.508 e. The zero-order valence-electron chi connectivity index (χ0n) is 10.3. The lowest BCUT2D eigenvalue weighted by Crippen LogP contribution is -2.04. The van der Waals surface area contributed by atoms with Gasteiger partial charge in [0.05, 0.1) is 0 Å². The van der Waals surface area contributed by atoms with Crippen LogP contribution in [-0.4, -0.2) is 18.3 Å². The Morgan fingerprint density at radius 1 is 1.19 bits per heavy atom. The first-order valence-corrected chi connectivity index (χ1v) is 6.15. The monoisotopic (exact) mass is 222 g/mol. The quantitative estimate of drug-likeness (QED) is 0.713. The molecule has 1 rings (SSSR count). The zero-order chi connectivity index (χ0) is 11.8. The van der Waals surface area contributed by atoms with E-state index in [0.29, 0.717) is 11.7 Å². The maximum atomic E-state index is 9.77. The number of aromatic hydroxyl groups is 1. The highest BCUT2D eigenvalue weighted by molar-refractivity contribution is 5.34. The molecule has 1 aromatic rings. The lowest BCUT2D eigenvalue weighted by molar-refractivity contribution is 0.127. The summed E-state index contributed by atoms with van der Waals surface area (Å²) in [6.07, 6.45) is 3.08. The van der Waals surface area contributed by atoms with Crippen molar-refractivity contribution < 1.29 is 9.84 Å². The molecule has 0 radical (unpaired) electrons. The van der Waals surface area contributed by atoms with E-state index in [0.717, 1.165) is 38.0 Å². The van der Waals surface area contributed by atoms with Crippen molar-refractivity contribution in [2.75, 3.05) is 13.2 Å². The second-order valence-electron chi connectivity index (χ2n) is 4.07. The van der Waals surface area contributed by atoms with Gasteiger partial charge in [-0.05, 0) is 36.8 Å². The molecule has 0 spiro atoms. The van der Waals surface area contributed by atoms with E-state index < -0.39 is 0 Å². The van der Waals surface area contributed by atoms with Gasteiger partial charge < -0.3 is 9.84 Å². The first kappa shape index (κ1) is 13.0. The summed E-state index contributed by atoms with van der Waals surface area (Å²) in [5.41, 5.74) is 1.05. The Labute approximate surface area is 98.3 Å². The van der Waals surface area contributed by atoms with Crippen LogP contribution in [0.1, 0.15) is 44.6 Å². The van der Waals surface area contributed by atoms with Gasteiger partial charge in [-0.2, -0.15) is 0 Å². The van der Waals surface area contributed by atoms with Gasteiger partial charge in [0, 0.05) is 13.2 Å². The van der Waals surface area contributed by atoms with Crippen LogP contribution >= 0.6 is 0 Å². The first-order valence-electron chi connectivity index (χ1n) is 6.15. The maximum Gasteiger partial charge on any atom is 0.119 e. The summed E-state index contributed by atoms with van der Waals surface area (Å²) in [5, 5.41) is 9.77. The highest BCUT2D eigenvalue weighted by atomic mass is 16.5. The number of phenols is 1. The Morgan fingerprint density at radius 2 is 1.94 bits per heavy atom. The van der Waals surface area contributed by atoms with E-state index >= 15 is 0 Å². The van der Waals surface area contributed by atoms with E-state index in [1.54, 1.807) is 6.07 Å². The van der Waals surface area contributed by atoms with Gasteiger partial charge in [0.15, 0.2) is 0 Å². The topological polar surface area (TPSA) is 29.5 Å². The SMILES string of the molecule is CCCOCCC(CC)c1ccccc1O. The number of phenolic OH excluding ortho intramolecular Hbond substituents is 1. The third-order valence-corrected chi connectivity index (χ3v) is 2.83. The third kappa shape index (κ3) is 3.86. The predicted octanol–water partition coefficient (Wildman–Crippen LogP) is 3.70. The first-order chi connectivity index (χ1) is 7.79. The van der Waals surface area contributed by atoms with Gasteiger partial charge >= 0.3 is 0 Å². The van der Waals surface area contributed by atoms with Crippen molar-refractivity contribution in [1.82, 2.24) is 0 Å². The van der Waals surface area contributed by atoms with Crippen LogP contribution in [0.5, 0.6) is 5.75 Å². The van der Waals surface area contributed by atoms with Crippen molar-refractivity contribution in [3.63, 3.8) is 0 Å². The second-order valence-corrected chi connectivity index (χ2v) is 4.07. The van der Waals surface area contributed by atoms with Gasteiger partial charge in [0.2, 0.25) is 0 Å². The highest BCUT2D eigenvalue weighted by Gasteiger charge is 2.12. The number of para-hydroxylation sites is 1. The van der Waals surface area contributed by atoms with Gasteiger partial charge in [-0.25, -0.2) is 0 Å². The molecule has 2 heteroatoms. The number of hydrogen-bond donors (Lipinski definition) is 1. The van der Waals surface area contributed by atoms with Crippen molar-refractivity contribution in [1.29, 1.82) is 0 Å². The molecule has 0 saturated carbocycles. The van der Waals surface area contributed by atoms with E-state index in [4.69, 9.17) is 4.74 Å². The van der Waals surface area contributed by atoms with Gasteiger partial charge in [-0.3, -0.25) is 0 Å². The molecule has 0 aliphatic carbocycles. The van der Waals surface area contributed by atoms with Crippen LogP contribution < -0.4 is 0 Å². The van der Waals surface area contributed by atoms with Crippen LogP contribution in [0.4, 0.5) is 0 Å². The molecule has 0 bridgehead atoms. The van der Waals surface area contributed by atoms with Crippen LogP contribution in [-0.2, 0) is 4.74 Å². The summed E-state index contributed by atoms with van der Waals surface area (Å²) in [6, 6.07) is 7.60. The average molecular weight is 222 g/mol. The molecular formula is C14H22O2. The molecule has 1 aromatic carbocycles. The van der Waals surface area contributed by atoms with E-state index in [1.807, 2.05) is 18.2 Å². The van der Waals surface area contributed by atoms with Crippen LogP contribution in [0.25, 0.3) is 0 Å². The molecule has 0 aliphatic rings. The molecule has 1 atom stereocenters. The van der Waals surface area contributed by atoms with Gasteiger partial charge in [0.1, 0.15) is 5.75 Å². The van der Waals surface area contributed by atoms with Crippen molar-refractivity contribution in [2.24, 2.45) is 0 Å². The predicted molar refractivity (Wildman–Crippen MR) is 66.9 cm³/mol. The summed E-state index contributed by atoms with van der Waals surface area (Å²) in [5.74, 6) is 0.808. The summed E-state index contributed by atoms with van der Waals surface area (Å²) in [7, 11) is 0. The fourth-order valence-corrected chi connectivity index (χ4v) is 1.88. The minimum absolute atomic E-state index is 0.401. The Bertz CT molecular complexity index is 297. The van der Waals surface area contributed by atoms with E-state index in [1.165, 1.54) is 0 Å². The third-order valence-electron chi connectivity index (χ3n) is 2.83.